The molecule has 0 fully saturated rings. The highest BCUT2D eigenvalue weighted by atomic mass is 19.1. The number of nitrogens with zero attached hydrogens (tertiary/aromatic N) is 3. The molecule has 5 heteroatoms. The highest BCUT2D eigenvalue weighted by Gasteiger charge is 2.25. The van der Waals surface area contributed by atoms with E-state index >= 15 is 8.78 Å². The first-order chi connectivity index (χ1) is 23.9. The van der Waals surface area contributed by atoms with E-state index in [2.05, 4.69) is 105 Å². The molecule has 246 valence electrons. The first kappa shape index (κ1) is 31.5. The summed E-state index contributed by atoms with van der Waals surface area (Å²) >= 11 is 0. The van der Waals surface area contributed by atoms with Gasteiger partial charge < -0.3 is 9.13 Å². The van der Waals surface area contributed by atoms with Crippen LogP contribution in [0.3, 0.4) is 0 Å². The Kier molecular flexibility index (Phi) is 7.03. The highest BCUT2D eigenvalue weighted by molar-refractivity contribution is 6.11. The van der Waals surface area contributed by atoms with Crippen molar-refractivity contribution in [3.8, 4) is 28.6 Å². The number of hydrogen-bond acceptors (Lipinski definition) is 1. The average molecular weight is 658 g/mol. The molecule has 0 aliphatic rings. The number of halogens is 2. The zero-order chi connectivity index (χ0) is 35.1. The van der Waals surface area contributed by atoms with Gasteiger partial charge in [0.2, 0.25) is 0 Å². The Bertz CT molecular complexity index is 2530. The van der Waals surface area contributed by atoms with Gasteiger partial charge in [-0.3, -0.25) is 0 Å². The normalized spacial score (nSPS) is 12.4. The van der Waals surface area contributed by atoms with Crippen LogP contribution in [0.2, 0.25) is 0 Å². The quantitative estimate of drug-likeness (QED) is 0.186. The van der Waals surface area contributed by atoms with Crippen LogP contribution < -0.4 is 0 Å². The number of aromatic nitrogens is 2. The molecule has 0 spiro atoms. The van der Waals surface area contributed by atoms with Crippen molar-refractivity contribution in [3.05, 3.63) is 144 Å². The molecular formula is C45H37F2N3. The van der Waals surface area contributed by atoms with Crippen LogP contribution in [0.15, 0.2) is 115 Å². The average Bonchev–Trinajstić information content (AvgIpc) is 3.59. The van der Waals surface area contributed by atoms with Gasteiger partial charge in [0.25, 0.3) is 0 Å². The Morgan fingerprint density at radius 1 is 0.500 bits per heavy atom. The predicted molar refractivity (Wildman–Crippen MR) is 203 cm³/mol. The molecule has 0 bridgehead atoms. The van der Waals surface area contributed by atoms with Crippen molar-refractivity contribution in [2.45, 2.75) is 52.4 Å². The summed E-state index contributed by atoms with van der Waals surface area (Å²) in [6.45, 7) is 13.1. The van der Waals surface area contributed by atoms with Gasteiger partial charge in [-0.15, -0.1) is 0 Å². The first-order valence-corrected chi connectivity index (χ1v) is 17.0. The van der Waals surface area contributed by atoms with Crippen molar-refractivity contribution in [3.63, 3.8) is 0 Å². The standard InChI is InChI=1S/C45H37F2N3/c1-44(2,3)28-18-20-39-32(24-28)30-12-7-9-16-37(30)49(39)41-22-27(43-35(46)14-11-15-36(43)47)23-42(34(41)26-48)50-38-17-10-8-13-31(38)33-25-29(45(4,5)6)19-21-40(33)50/h7-25H,1-6H3. The van der Waals surface area contributed by atoms with E-state index in [4.69, 9.17) is 0 Å². The molecular weight excluding hydrogens is 621 g/mol. The summed E-state index contributed by atoms with van der Waals surface area (Å²) in [7, 11) is 0. The molecule has 3 nitrogen and oxygen atoms in total. The number of para-hydroxylation sites is 2. The van der Waals surface area contributed by atoms with Crippen LogP contribution in [0.25, 0.3) is 66.1 Å². The fourth-order valence-corrected chi connectivity index (χ4v) is 7.39. The van der Waals surface area contributed by atoms with Crippen molar-refractivity contribution < 1.29 is 8.78 Å². The third-order valence-corrected chi connectivity index (χ3v) is 10.0. The summed E-state index contributed by atoms with van der Waals surface area (Å²) in [5.41, 5.74) is 7.56. The van der Waals surface area contributed by atoms with Crippen LogP contribution >= 0.6 is 0 Å². The second kappa shape index (κ2) is 11.1. The Morgan fingerprint density at radius 2 is 0.920 bits per heavy atom. The number of benzene rings is 6. The Morgan fingerprint density at radius 3 is 1.34 bits per heavy atom. The molecule has 0 N–H and O–H groups in total. The van der Waals surface area contributed by atoms with Crippen molar-refractivity contribution in [2.24, 2.45) is 0 Å². The van der Waals surface area contributed by atoms with Gasteiger partial charge in [0.05, 0.1) is 39.0 Å². The topological polar surface area (TPSA) is 33.6 Å². The summed E-state index contributed by atoms with van der Waals surface area (Å²) in [6.07, 6.45) is 0. The first-order valence-electron chi connectivity index (χ1n) is 17.0. The largest absolute Gasteiger partial charge is 0.308 e. The van der Waals surface area contributed by atoms with Gasteiger partial charge in [-0.05, 0) is 88.2 Å². The smallest absolute Gasteiger partial charge is 0.133 e. The second-order valence-corrected chi connectivity index (χ2v) is 15.3. The van der Waals surface area contributed by atoms with E-state index < -0.39 is 11.6 Å². The molecule has 8 aromatic rings. The monoisotopic (exact) mass is 657 g/mol. The van der Waals surface area contributed by atoms with Crippen LogP contribution in [0.4, 0.5) is 8.78 Å². The van der Waals surface area contributed by atoms with Crippen molar-refractivity contribution in [2.75, 3.05) is 0 Å². The minimum absolute atomic E-state index is 0.0753. The van der Waals surface area contributed by atoms with Crippen LogP contribution in [0, 0.1) is 23.0 Å². The fourth-order valence-electron chi connectivity index (χ4n) is 7.39. The lowest BCUT2D eigenvalue weighted by Crippen LogP contribution is -2.11. The lowest BCUT2D eigenvalue weighted by Gasteiger charge is -2.21. The maximum Gasteiger partial charge on any atom is 0.133 e. The van der Waals surface area contributed by atoms with Gasteiger partial charge in [-0.2, -0.15) is 5.26 Å². The Labute approximate surface area is 290 Å². The van der Waals surface area contributed by atoms with Crippen LogP contribution in [0.5, 0.6) is 0 Å². The molecule has 0 atom stereocenters. The molecule has 0 aliphatic heterocycles. The van der Waals surface area contributed by atoms with Crippen molar-refractivity contribution in [1.29, 1.82) is 5.26 Å². The molecule has 2 aromatic heterocycles. The molecule has 0 unspecified atom stereocenters. The van der Waals surface area contributed by atoms with Crippen LogP contribution in [-0.2, 0) is 10.8 Å². The minimum Gasteiger partial charge on any atom is -0.308 e. The molecule has 0 radical (unpaired) electrons. The number of rotatable bonds is 3. The summed E-state index contributed by atoms with van der Waals surface area (Å²) in [6, 6.07) is 39.2. The van der Waals surface area contributed by atoms with Gasteiger partial charge in [0.1, 0.15) is 23.3 Å². The summed E-state index contributed by atoms with van der Waals surface area (Å²) in [5, 5.41) is 15.3. The number of hydrogen-bond donors (Lipinski definition) is 0. The summed E-state index contributed by atoms with van der Waals surface area (Å²) in [4.78, 5) is 0. The zero-order valence-electron chi connectivity index (χ0n) is 29.1. The molecule has 0 amide bonds. The lowest BCUT2D eigenvalue weighted by molar-refractivity contribution is 0.589. The van der Waals surface area contributed by atoms with Gasteiger partial charge >= 0.3 is 0 Å². The SMILES string of the molecule is CC(C)(C)c1ccc2c(c1)c1ccccc1n2-c1cc(-c2c(F)cccc2F)cc(-n2c3ccccc3c3cc(C(C)(C)C)ccc32)c1C#N. The lowest BCUT2D eigenvalue weighted by atomic mass is 9.86. The minimum atomic E-state index is -0.666. The van der Waals surface area contributed by atoms with Crippen molar-refractivity contribution >= 4 is 43.6 Å². The highest BCUT2D eigenvalue weighted by Crippen LogP contribution is 2.42. The molecule has 0 saturated heterocycles. The van der Waals surface area contributed by atoms with E-state index in [9.17, 15) is 5.26 Å². The van der Waals surface area contributed by atoms with E-state index in [1.54, 1.807) is 12.1 Å². The van der Waals surface area contributed by atoms with Crippen LogP contribution in [0.1, 0.15) is 58.2 Å². The maximum atomic E-state index is 15.7. The van der Waals surface area contributed by atoms with Crippen molar-refractivity contribution in [1.82, 2.24) is 9.13 Å². The zero-order valence-corrected chi connectivity index (χ0v) is 29.1. The van der Waals surface area contributed by atoms with Gasteiger partial charge in [0.15, 0.2) is 0 Å². The van der Waals surface area contributed by atoms with Gasteiger partial charge in [-0.25, -0.2) is 8.78 Å². The van der Waals surface area contributed by atoms with E-state index in [1.165, 1.54) is 29.3 Å². The van der Waals surface area contributed by atoms with E-state index in [1.807, 2.05) is 36.4 Å². The van der Waals surface area contributed by atoms with E-state index in [0.717, 1.165) is 43.6 Å². The molecule has 6 aromatic carbocycles. The molecule has 8 rings (SSSR count). The number of nitriles is 1. The summed E-state index contributed by atoms with van der Waals surface area (Å²) < 4.78 is 35.5. The molecule has 0 saturated carbocycles. The van der Waals surface area contributed by atoms with Gasteiger partial charge in [0, 0.05) is 21.5 Å². The third-order valence-electron chi connectivity index (χ3n) is 10.0. The summed E-state index contributed by atoms with van der Waals surface area (Å²) in [5.74, 6) is -1.33. The molecule has 0 aliphatic carbocycles. The molecule has 2 heterocycles. The number of fused-ring (bicyclic) bond motifs is 6. The third kappa shape index (κ3) is 4.82. The Hall–Kier alpha value is -5.73. The van der Waals surface area contributed by atoms with Crippen LogP contribution in [-0.4, -0.2) is 9.13 Å². The van der Waals surface area contributed by atoms with E-state index in [-0.39, 0.29) is 16.4 Å². The second-order valence-electron chi connectivity index (χ2n) is 15.3. The predicted octanol–water partition coefficient (Wildman–Crippen LogP) is 12.3. The van der Waals surface area contributed by atoms with E-state index in [0.29, 0.717) is 22.5 Å². The molecule has 50 heavy (non-hydrogen) atoms. The fraction of sp³-hybridized carbons (Fsp3) is 0.178. The maximum absolute atomic E-state index is 15.7. The Balaban J connectivity index is 1.55. The van der Waals surface area contributed by atoms with Gasteiger partial charge in [-0.1, -0.05) is 96.1 Å².